The second kappa shape index (κ2) is 5.05. The van der Waals surface area contributed by atoms with Gasteiger partial charge in [0.2, 0.25) is 6.29 Å². The molecule has 1 unspecified atom stereocenters. The maximum absolute atomic E-state index is 10.7. The third-order valence-electron chi connectivity index (χ3n) is 1.69. The molecular weight excluding hydrogens is 196 g/mol. The Bertz CT molecular complexity index is 359. The summed E-state index contributed by atoms with van der Waals surface area (Å²) >= 11 is 0. The Labute approximate surface area is 87.7 Å². The van der Waals surface area contributed by atoms with Gasteiger partial charge in [-0.15, -0.1) is 0 Å². The van der Waals surface area contributed by atoms with Gasteiger partial charge in [-0.1, -0.05) is 18.7 Å². The number of ether oxygens (including phenoxy) is 2. The fraction of sp³-hybridized carbons (Fsp3) is 0.182. The number of rotatable bonds is 5. The second-order valence-electron chi connectivity index (χ2n) is 2.77. The minimum Gasteiger partial charge on any atom is -0.545 e. The summed E-state index contributed by atoms with van der Waals surface area (Å²) in [6.45, 7) is 5.00. The van der Waals surface area contributed by atoms with Crippen molar-refractivity contribution in [3.05, 3.63) is 42.7 Å². The first kappa shape index (κ1) is 11.1. The van der Waals surface area contributed by atoms with Crippen LogP contribution in [-0.4, -0.2) is 12.3 Å². The molecule has 1 rings (SSSR count). The predicted molar refractivity (Wildman–Crippen MR) is 52.1 cm³/mol. The van der Waals surface area contributed by atoms with Gasteiger partial charge in [0.25, 0.3) is 0 Å². The van der Waals surface area contributed by atoms with Crippen LogP contribution in [0.3, 0.4) is 0 Å². The zero-order valence-corrected chi connectivity index (χ0v) is 8.30. The molecule has 0 saturated carbocycles. The van der Waals surface area contributed by atoms with Gasteiger partial charge < -0.3 is 19.4 Å². The summed E-state index contributed by atoms with van der Waals surface area (Å²) in [6, 6.07) is 6.21. The maximum atomic E-state index is 10.7. The van der Waals surface area contributed by atoms with Crippen molar-refractivity contribution in [3.63, 3.8) is 0 Å². The number of hydrogen-bond acceptors (Lipinski definition) is 4. The molecule has 15 heavy (non-hydrogen) atoms. The second-order valence-corrected chi connectivity index (χ2v) is 2.77. The summed E-state index contributed by atoms with van der Waals surface area (Å²) in [6.07, 6.45) is 0.634. The van der Waals surface area contributed by atoms with Crippen LogP contribution in [0.1, 0.15) is 17.3 Å². The number of carbonyl (C=O) groups excluding carboxylic acids is 1. The minimum absolute atomic E-state index is 0.00277. The molecule has 0 fully saturated rings. The van der Waals surface area contributed by atoms with Gasteiger partial charge in [0, 0.05) is 12.5 Å². The Morgan fingerprint density at radius 2 is 2.20 bits per heavy atom. The molecule has 1 aromatic carbocycles. The highest BCUT2D eigenvalue weighted by Crippen LogP contribution is 2.18. The molecular formula is C11H11O4-. The SMILES string of the molecule is C=COC(C)Oc1ccccc1C(=O)[O-]. The molecule has 0 aliphatic carbocycles. The summed E-state index contributed by atoms with van der Waals surface area (Å²) in [7, 11) is 0. The number of carboxylic acid groups (broad SMARTS) is 1. The summed E-state index contributed by atoms with van der Waals surface area (Å²) in [5.41, 5.74) is -0.00277. The standard InChI is InChI=1S/C11H12O4/c1-3-14-8(2)15-10-7-5-4-6-9(10)11(12)13/h3-8H,1H2,2H3,(H,12,13)/p-1. The van der Waals surface area contributed by atoms with Crippen molar-refractivity contribution in [2.75, 3.05) is 0 Å². The Morgan fingerprint density at radius 1 is 1.53 bits per heavy atom. The normalized spacial score (nSPS) is 11.5. The number of aromatic carboxylic acids is 1. The lowest BCUT2D eigenvalue weighted by Gasteiger charge is -2.16. The van der Waals surface area contributed by atoms with Crippen molar-refractivity contribution in [2.45, 2.75) is 13.2 Å². The zero-order chi connectivity index (χ0) is 11.3. The fourth-order valence-corrected chi connectivity index (χ4v) is 1.08. The van der Waals surface area contributed by atoms with Crippen LogP contribution < -0.4 is 9.84 Å². The zero-order valence-electron chi connectivity index (χ0n) is 8.30. The highest BCUT2D eigenvalue weighted by atomic mass is 16.7. The smallest absolute Gasteiger partial charge is 0.237 e. The van der Waals surface area contributed by atoms with Crippen LogP contribution in [-0.2, 0) is 4.74 Å². The van der Waals surface area contributed by atoms with E-state index in [0.717, 1.165) is 0 Å². The first-order chi connectivity index (χ1) is 7.15. The number of carbonyl (C=O) groups is 1. The van der Waals surface area contributed by atoms with Gasteiger partial charge in [0.1, 0.15) is 5.75 Å². The third kappa shape index (κ3) is 3.02. The summed E-state index contributed by atoms with van der Waals surface area (Å²) in [5, 5.41) is 10.7. The van der Waals surface area contributed by atoms with Gasteiger partial charge in [-0.3, -0.25) is 0 Å². The lowest BCUT2D eigenvalue weighted by molar-refractivity contribution is -0.255. The molecule has 80 valence electrons. The summed E-state index contributed by atoms with van der Waals surface area (Å²) in [4.78, 5) is 10.7. The number of para-hydroxylation sites is 1. The minimum atomic E-state index is -1.28. The molecule has 0 aliphatic heterocycles. The van der Waals surface area contributed by atoms with E-state index in [0.29, 0.717) is 0 Å². The van der Waals surface area contributed by atoms with E-state index in [-0.39, 0.29) is 11.3 Å². The molecule has 0 aliphatic rings. The van der Waals surface area contributed by atoms with Crippen LogP contribution >= 0.6 is 0 Å². The number of carboxylic acids is 1. The van der Waals surface area contributed by atoms with Crippen LogP contribution in [0.25, 0.3) is 0 Å². The topological polar surface area (TPSA) is 58.6 Å². The van der Waals surface area contributed by atoms with Gasteiger partial charge in [-0.05, 0) is 12.1 Å². The molecule has 4 nitrogen and oxygen atoms in total. The molecule has 0 N–H and O–H groups in total. The van der Waals surface area contributed by atoms with Crippen LogP contribution in [0.4, 0.5) is 0 Å². The number of hydrogen-bond donors (Lipinski definition) is 0. The van der Waals surface area contributed by atoms with Crippen molar-refractivity contribution in [3.8, 4) is 5.75 Å². The first-order valence-electron chi connectivity index (χ1n) is 4.38. The molecule has 0 aromatic heterocycles. The van der Waals surface area contributed by atoms with Crippen molar-refractivity contribution in [1.82, 2.24) is 0 Å². The molecule has 0 radical (unpaired) electrons. The summed E-state index contributed by atoms with van der Waals surface area (Å²) < 4.78 is 10.1. The monoisotopic (exact) mass is 207 g/mol. The molecule has 0 bridgehead atoms. The van der Waals surface area contributed by atoms with E-state index < -0.39 is 12.3 Å². The fourth-order valence-electron chi connectivity index (χ4n) is 1.08. The van der Waals surface area contributed by atoms with E-state index in [1.54, 1.807) is 19.1 Å². The van der Waals surface area contributed by atoms with Gasteiger partial charge in [-0.25, -0.2) is 0 Å². The maximum Gasteiger partial charge on any atom is 0.237 e. The summed E-state index contributed by atoms with van der Waals surface area (Å²) in [5.74, 6) is -1.07. The highest BCUT2D eigenvalue weighted by molar-refractivity contribution is 5.89. The molecule has 0 heterocycles. The van der Waals surface area contributed by atoms with E-state index in [1.807, 2.05) is 0 Å². The largest absolute Gasteiger partial charge is 0.545 e. The average molecular weight is 207 g/mol. The van der Waals surface area contributed by atoms with Crippen molar-refractivity contribution in [1.29, 1.82) is 0 Å². The Kier molecular flexibility index (Phi) is 3.74. The quantitative estimate of drug-likeness (QED) is 0.532. The Morgan fingerprint density at radius 3 is 2.80 bits per heavy atom. The lowest BCUT2D eigenvalue weighted by atomic mass is 10.2. The van der Waals surface area contributed by atoms with Gasteiger partial charge in [0.15, 0.2) is 0 Å². The Hall–Kier alpha value is -1.97. The van der Waals surface area contributed by atoms with E-state index in [2.05, 4.69) is 6.58 Å². The molecule has 0 amide bonds. The van der Waals surface area contributed by atoms with Crippen LogP contribution in [0, 0.1) is 0 Å². The van der Waals surface area contributed by atoms with E-state index in [9.17, 15) is 9.90 Å². The molecule has 4 heteroatoms. The van der Waals surface area contributed by atoms with E-state index in [1.165, 1.54) is 18.4 Å². The van der Waals surface area contributed by atoms with Crippen LogP contribution in [0.5, 0.6) is 5.75 Å². The lowest BCUT2D eigenvalue weighted by Crippen LogP contribution is -2.24. The molecule has 1 aromatic rings. The molecule has 0 spiro atoms. The van der Waals surface area contributed by atoms with Gasteiger partial charge in [0.05, 0.1) is 12.2 Å². The highest BCUT2D eigenvalue weighted by Gasteiger charge is 2.07. The van der Waals surface area contributed by atoms with Gasteiger partial charge in [-0.2, -0.15) is 0 Å². The first-order valence-corrected chi connectivity index (χ1v) is 4.38. The van der Waals surface area contributed by atoms with Crippen molar-refractivity contribution >= 4 is 5.97 Å². The molecule has 1 atom stereocenters. The van der Waals surface area contributed by atoms with Crippen LogP contribution in [0.2, 0.25) is 0 Å². The van der Waals surface area contributed by atoms with Crippen molar-refractivity contribution in [2.24, 2.45) is 0 Å². The predicted octanol–water partition coefficient (Wildman–Crippen LogP) is 0.935. The van der Waals surface area contributed by atoms with E-state index >= 15 is 0 Å². The Balaban J connectivity index is 2.84. The van der Waals surface area contributed by atoms with Crippen molar-refractivity contribution < 1.29 is 19.4 Å². The third-order valence-corrected chi connectivity index (χ3v) is 1.69. The number of benzene rings is 1. The van der Waals surface area contributed by atoms with E-state index in [4.69, 9.17) is 9.47 Å². The molecule has 0 saturated heterocycles. The van der Waals surface area contributed by atoms with Crippen LogP contribution in [0.15, 0.2) is 37.1 Å². The van der Waals surface area contributed by atoms with Gasteiger partial charge >= 0.3 is 0 Å². The average Bonchev–Trinajstić information content (AvgIpc) is 2.18.